The highest BCUT2D eigenvalue weighted by molar-refractivity contribution is 5.95. The number of esters is 1. The first-order chi connectivity index (χ1) is 17.8. The van der Waals surface area contributed by atoms with Crippen molar-refractivity contribution in [2.24, 2.45) is 17.8 Å². The number of hydrogen-bond donors (Lipinski definition) is 2. The van der Waals surface area contributed by atoms with Crippen LogP contribution in [0, 0.1) is 17.8 Å². The van der Waals surface area contributed by atoms with Gasteiger partial charge in [-0.25, -0.2) is 9.59 Å². The Bertz CT molecular complexity index is 1000. The van der Waals surface area contributed by atoms with Gasteiger partial charge in [0.1, 0.15) is 24.0 Å². The van der Waals surface area contributed by atoms with E-state index in [2.05, 4.69) is 0 Å². The molecule has 10 nitrogen and oxygen atoms in total. The van der Waals surface area contributed by atoms with Gasteiger partial charge in [-0.1, -0.05) is 57.0 Å². The van der Waals surface area contributed by atoms with Crippen molar-refractivity contribution in [2.45, 2.75) is 91.0 Å². The lowest BCUT2D eigenvalue weighted by Gasteiger charge is -2.34. The molecule has 0 radical (unpaired) electrons. The summed E-state index contributed by atoms with van der Waals surface area (Å²) in [6.45, 7) is 8.82. The molecule has 0 spiro atoms. The molecule has 1 heterocycles. The zero-order chi connectivity index (χ0) is 28.6. The number of piperidine rings is 1. The molecular formula is C28H39NO9. The number of carboxylic acid groups (broad SMARTS) is 2. The lowest BCUT2D eigenvalue weighted by atomic mass is 9.89. The topological polar surface area (TPSA) is 148 Å². The Morgan fingerprint density at radius 2 is 1.71 bits per heavy atom. The number of aliphatic carboxylic acids is 2. The van der Waals surface area contributed by atoms with Gasteiger partial charge in [0, 0.05) is 12.5 Å². The number of carbonyl (C=O) groups excluding carboxylic acids is 3. The summed E-state index contributed by atoms with van der Waals surface area (Å²) in [4.78, 5) is 59.9. The standard InChI is InChI=1S/C19H23NO5.C9H16O4/c1-19(2,3)25-18(23)20-13-9-14(15(21)10-13)16(20)17(22)24-11-12-7-5-4-6-8-12;1-3-4-5-7(9(12)13)6(2)8(10)11/h4-8,13-14,16H,9-11H2,1-3H3;6-7H,3-5H2,1-2H3,(H,10,11)(H,12,13)/t13-,14+,16-;/m0./s1. The van der Waals surface area contributed by atoms with Crippen molar-refractivity contribution < 1.29 is 43.7 Å². The predicted molar refractivity (Wildman–Crippen MR) is 137 cm³/mol. The van der Waals surface area contributed by atoms with E-state index in [9.17, 15) is 24.0 Å². The molecule has 1 aliphatic carbocycles. The number of fused-ring (bicyclic) bond motifs is 2. The van der Waals surface area contributed by atoms with E-state index in [0.29, 0.717) is 12.8 Å². The van der Waals surface area contributed by atoms with E-state index in [1.807, 2.05) is 37.3 Å². The van der Waals surface area contributed by atoms with Crippen LogP contribution in [0.1, 0.15) is 72.3 Å². The van der Waals surface area contributed by atoms with Crippen molar-refractivity contribution >= 4 is 29.8 Å². The van der Waals surface area contributed by atoms with Crippen LogP contribution in [-0.2, 0) is 35.3 Å². The van der Waals surface area contributed by atoms with E-state index < -0.39 is 53.4 Å². The van der Waals surface area contributed by atoms with Crippen molar-refractivity contribution in [3.05, 3.63) is 35.9 Å². The molecule has 2 bridgehead atoms. The Morgan fingerprint density at radius 3 is 2.24 bits per heavy atom. The molecule has 1 aromatic carbocycles. The van der Waals surface area contributed by atoms with Crippen molar-refractivity contribution in [3.8, 4) is 0 Å². The maximum atomic E-state index is 12.6. The molecule has 1 saturated carbocycles. The number of ether oxygens (including phenoxy) is 2. The maximum Gasteiger partial charge on any atom is 0.411 e. The third-order valence-corrected chi connectivity index (χ3v) is 6.70. The minimum Gasteiger partial charge on any atom is -0.481 e. The maximum absolute atomic E-state index is 12.6. The van der Waals surface area contributed by atoms with E-state index in [0.717, 1.165) is 18.4 Å². The average molecular weight is 534 g/mol. The van der Waals surface area contributed by atoms with Crippen LogP contribution in [0.25, 0.3) is 0 Å². The summed E-state index contributed by atoms with van der Waals surface area (Å²) in [5.74, 6) is -4.61. The Labute approximate surface area is 223 Å². The number of carboxylic acids is 2. The minimum atomic E-state index is -1.04. The predicted octanol–water partition coefficient (Wildman–Crippen LogP) is 4.29. The third kappa shape index (κ3) is 8.29. The van der Waals surface area contributed by atoms with E-state index in [4.69, 9.17) is 19.7 Å². The van der Waals surface area contributed by atoms with Gasteiger partial charge in [0.05, 0.1) is 17.8 Å². The number of unbranched alkanes of at least 4 members (excludes halogenated alkanes) is 1. The van der Waals surface area contributed by atoms with Gasteiger partial charge < -0.3 is 19.7 Å². The Morgan fingerprint density at radius 1 is 1.08 bits per heavy atom. The molecule has 10 heteroatoms. The first-order valence-electron chi connectivity index (χ1n) is 13.0. The number of benzene rings is 1. The van der Waals surface area contributed by atoms with Crippen molar-refractivity contribution in [3.63, 3.8) is 0 Å². The van der Waals surface area contributed by atoms with Crippen LogP contribution in [0.5, 0.6) is 0 Å². The molecule has 1 aliphatic heterocycles. The SMILES string of the molecule is CC(C)(C)OC(=O)N1[C@@H]2CC(=O)[C@@H](C2)[C@H]1C(=O)OCc1ccccc1.CCCCC(C(=O)O)C(C)C(=O)O. The van der Waals surface area contributed by atoms with Crippen molar-refractivity contribution in [1.29, 1.82) is 0 Å². The fourth-order valence-corrected chi connectivity index (χ4v) is 4.68. The van der Waals surface area contributed by atoms with Crippen LogP contribution < -0.4 is 0 Å². The summed E-state index contributed by atoms with van der Waals surface area (Å²) in [6, 6.07) is 8.14. The van der Waals surface area contributed by atoms with Gasteiger partial charge in [0.15, 0.2) is 0 Å². The molecule has 38 heavy (non-hydrogen) atoms. The highest BCUT2D eigenvalue weighted by atomic mass is 16.6. The Hall–Kier alpha value is -3.43. The molecule has 0 aromatic heterocycles. The number of nitrogens with zero attached hydrogens (tertiary/aromatic N) is 1. The number of carbonyl (C=O) groups is 5. The first-order valence-corrected chi connectivity index (χ1v) is 13.0. The van der Waals surface area contributed by atoms with E-state index in [1.165, 1.54) is 11.8 Å². The summed E-state index contributed by atoms with van der Waals surface area (Å²) in [5.41, 5.74) is 0.190. The summed E-state index contributed by atoms with van der Waals surface area (Å²) >= 11 is 0. The van der Waals surface area contributed by atoms with Crippen LogP contribution in [0.2, 0.25) is 0 Å². The summed E-state index contributed by atoms with van der Waals surface area (Å²) in [5, 5.41) is 17.4. The summed E-state index contributed by atoms with van der Waals surface area (Å²) in [6.07, 6.45) is 2.31. The number of hydrogen-bond acceptors (Lipinski definition) is 7. The van der Waals surface area contributed by atoms with Crippen LogP contribution in [0.3, 0.4) is 0 Å². The van der Waals surface area contributed by atoms with E-state index in [-0.39, 0.29) is 24.9 Å². The van der Waals surface area contributed by atoms with Crippen LogP contribution in [0.4, 0.5) is 4.79 Å². The molecule has 5 atom stereocenters. The second kappa shape index (κ2) is 13.4. The highest BCUT2D eigenvalue weighted by Crippen LogP contribution is 2.41. The first kappa shape index (κ1) is 30.8. The summed E-state index contributed by atoms with van der Waals surface area (Å²) < 4.78 is 10.8. The van der Waals surface area contributed by atoms with Crippen LogP contribution in [-0.4, -0.2) is 62.6 Å². The smallest absolute Gasteiger partial charge is 0.411 e. The van der Waals surface area contributed by atoms with Gasteiger partial charge in [-0.3, -0.25) is 19.3 Å². The molecule has 1 saturated heterocycles. The molecule has 2 N–H and O–H groups in total. The largest absolute Gasteiger partial charge is 0.481 e. The Balaban J connectivity index is 0.000000332. The van der Waals surface area contributed by atoms with Gasteiger partial charge in [0.25, 0.3) is 0 Å². The number of Topliss-reactive ketones (excluding diaryl/α,β-unsaturated/α-hetero) is 1. The molecular weight excluding hydrogens is 494 g/mol. The average Bonchev–Trinajstić information content (AvgIpc) is 3.39. The molecule has 2 fully saturated rings. The quantitative estimate of drug-likeness (QED) is 0.443. The van der Waals surface area contributed by atoms with E-state index in [1.54, 1.807) is 20.8 Å². The molecule has 1 aromatic rings. The van der Waals surface area contributed by atoms with Gasteiger partial charge in [-0.2, -0.15) is 0 Å². The molecule has 2 unspecified atom stereocenters. The van der Waals surface area contributed by atoms with Crippen molar-refractivity contribution in [2.75, 3.05) is 0 Å². The number of likely N-dealkylation sites (tertiary alicyclic amines) is 1. The van der Waals surface area contributed by atoms with E-state index >= 15 is 0 Å². The molecule has 1 amide bonds. The number of amides is 1. The molecule has 210 valence electrons. The van der Waals surface area contributed by atoms with Gasteiger partial charge >= 0.3 is 24.0 Å². The lowest BCUT2D eigenvalue weighted by molar-refractivity contribution is -0.155. The fourth-order valence-electron chi connectivity index (χ4n) is 4.68. The van der Waals surface area contributed by atoms with Crippen molar-refractivity contribution in [1.82, 2.24) is 4.90 Å². The second-order valence-corrected chi connectivity index (χ2v) is 10.8. The fraction of sp³-hybridized carbons (Fsp3) is 0.607. The van der Waals surface area contributed by atoms with Crippen LogP contribution in [0.15, 0.2) is 30.3 Å². The summed E-state index contributed by atoms with van der Waals surface area (Å²) in [7, 11) is 0. The third-order valence-electron chi connectivity index (χ3n) is 6.70. The molecule has 3 rings (SSSR count). The highest BCUT2D eigenvalue weighted by Gasteiger charge is 2.57. The second-order valence-electron chi connectivity index (χ2n) is 10.8. The lowest BCUT2D eigenvalue weighted by Crippen LogP contribution is -2.53. The minimum absolute atomic E-state index is 0.0199. The zero-order valence-electron chi connectivity index (χ0n) is 22.7. The van der Waals surface area contributed by atoms with Gasteiger partial charge in [-0.05, 0) is 39.2 Å². The Kier molecular flexibility index (Phi) is 10.9. The zero-order valence-corrected chi connectivity index (χ0v) is 22.7. The van der Waals surface area contributed by atoms with Crippen LogP contribution >= 0.6 is 0 Å². The monoisotopic (exact) mass is 533 g/mol. The number of ketones is 1. The van der Waals surface area contributed by atoms with Gasteiger partial charge in [0.2, 0.25) is 0 Å². The number of rotatable bonds is 9. The molecule has 2 aliphatic rings. The normalized spacial score (nSPS) is 21.7. The van der Waals surface area contributed by atoms with Gasteiger partial charge in [-0.15, -0.1) is 0 Å².